The summed E-state index contributed by atoms with van der Waals surface area (Å²) in [5.74, 6) is 0.876. The zero-order chi connectivity index (χ0) is 20.7. The molecule has 158 valence electrons. The minimum Gasteiger partial charge on any atom is -0.385 e. The molecule has 0 unspecified atom stereocenters. The molecule has 0 radical (unpaired) electrons. The van der Waals surface area contributed by atoms with Crippen LogP contribution in [0.3, 0.4) is 0 Å². The summed E-state index contributed by atoms with van der Waals surface area (Å²) in [6, 6.07) is 6.62. The molecule has 1 aliphatic heterocycles. The lowest BCUT2D eigenvalue weighted by Crippen LogP contribution is -2.44. The number of thiazole rings is 1. The fourth-order valence-corrected chi connectivity index (χ4v) is 4.89. The van der Waals surface area contributed by atoms with Crippen LogP contribution >= 0.6 is 11.3 Å². The predicted molar refractivity (Wildman–Crippen MR) is 119 cm³/mol. The third-order valence-electron chi connectivity index (χ3n) is 6.16. The number of hydrogen-bond donors (Lipinski definition) is 1. The molecule has 2 aromatic heterocycles. The maximum absolute atomic E-state index is 12.9. The fraction of sp³-hybridized carbons (Fsp3) is 0.500. The number of likely N-dealkylation sites (tertiary alicyclic amines) is 1. The van der Waals surface area contributed by atoms with Gasteiger partial charge in [-0.25, -0.2) is 4.98 Å². The van der Waals surface area contributed by atoms with Crippen molar-refractivity contribution in [3.63, 3.8) is 0 Å². The van der Waals surface area contributed by atoms with Crippen molar-refractivity contribution in [3.05, 3.63) is 29.3 Å². The molecule has 0 atom stereocenters. The van der Waals surface area contributed by atoms with E-state index in [1.165, 1.54) is 24.2 Å². The molecule has 2 fully saturated rings. The van der Waals surface area contributed by atoms with Gasteiger partial charge in [-0.2, -0.15) is 0 Å². The number of carbonyl (C=O) groups is 1. The molecule has 5 rings (SSSR count). The first kappa shape index (κ1) is 19.5. The number of carbonyl (C=O) groups excluding carboxylic acids is 1. The molecule has 3 aromatic rings. The van der Waals surface area contributed by atoms with Crippen LogP contribution in [0.4, 0.5) is 5.69 Å². The summed E-state index contributed by atoms with van der Waals surface area (Å²) in [6.45, 7) is 2.59. The minimum absolute atomic E-state index is 0.0651. The van der Waals surface area contributed by atoms with E-state index in [2.05, 4.69) is 40.5 Å². The molecule has 8 heteroatoms. The van der Waals surface area contributed by atoms with Crippen LogP contribution in [0.2, 0.25) is 0 Å². The molecule has 2 aliphatic rings. The van der Waals surface area contributed by atoms with Crippen molar-refractivity contribution >= 4 is 33.9 Å². The summed E-state index contributed by atoms with van der Waals surface area (Å²) < 4.78 is 5.56. The van der Waals surface area contributed by atoms with Crippen LogP contribution in [-0.4, -0.2) is 65.6 Å². The van der Waals surface area contributed by atoms with Crippen LogP contribution in [0.15, 0.2) is 28.9 Å². The number of aromatic nitrogens is 2. The molecule has 0 spiro atoms. The molecule has 3 heterocycles. The first-order valence-electron chi connectivity index (χ1n) is 10.6. The van der Waals surface area contributed by atoms with E-state index in [-0.39, 0.29) is 5.91 Å². The molecule has 30 heavy (non-hydrogen) atoms. The highest BCUT2D eigenvalue weighted by Gasteiger charge is 2.26. The first-order valence-corrected chi connectivity index (χ1v) is 11.5. The smallest absolute Gasteiger partial charge is 0.265 e. The topological polar surface area (TPSA) is 74.5 Å². The average Bonchev–Trinajstić information content (AvgIpc) is 3.30. The number of amides is 1. The van der Waals surface area contributed by atoms with E-state index in [1.54, 1.807) is 6.20 Å². The highest BCUT2D eigenvalue weighted by atomic mass is 32.1. The maximum Gasteiger partial charge on any atom is 0.265 e. The van der Waals surface area contributed by atoms with Crippen LogP contribution in [-0.2, 0) is 0 Å². The van der Waals surface area contributed by atoms with Gasteiger partial charge in [0.2, 0.25) is 0 Å². The Kier molecular flexibility index (Phi) is 5.20. The van der Waals surface area contributed by atoms with Crippen molar-refractivity contribution in [2.24, 2.45) is 5.92 Å². The number of hydrogen-bond acceptors (Lipinski definition) is 7. The van der Waals surface area contributed by atoms with E-state index >= 15 is 0 Å². The quantitative estimate of drug-likeness (QED) is 0.645. The van der Waals surface area contributed by atoms with Gasteiger partial charge in [-0.05, 0) is 57.8 Å². The predicted octanol–water partition coefficient (Wildman–Crippen LogP) is 3.94. The van der Waals surface area contributed by atoms with Crippen molar-refractivity contribution in [2.75, 3.05) is 39.0 Å². The van der Waals surface area contributed by atoms with Crippen molar-refractivity contribution in [1.82, 2.24) is 19.9 Å². The number of nitrogens with zero attached hydrogens (tertiary/aromatic N) is 4. The van der Waals surface area contributed by atoms with E-state index in [1.807, 2.05) is 17.0 Å². The number of rotatable bonds is 6. The van der Waals surface area contributed by atoms with E-state index in [9.17, 15) is 4.79 Å². The second-order valence-corrected chi connectivity index (χ2v) is 9.61. The lowest BCUT2D eigenvalue weighted by molar-refractivity contribution is 0.0668. The Morgan fingerprint density at radius 1 is 1.27 bits per heavy atom. The molecule has 1 saturated carbocycles. The van der Waals surface area contributed by atoms with Gasteiger partial charge in [0.1, 0.15) is 15.6 Å². The van der Waals surface area contributed by atoms with Gasteiger partial charge >= 0.3 is 0 Å². The largest absolute Gasteiger partial charge is 0.385 e. The molecule has 1 N–H and O–H groups in total. The lowest BCUT2D eigenvalue weighted by Gasteiger charge is -2.34. The number of piperidine rings is 1. The second kappa shape index (κ2) is 8.00. The Labute approximate surface area is 180 Å². The van der Waals surface area contributed by atoms with Gasteiger partial charge in [-0.3, -0.25) is 4.79 Å². The first-order chi connectivity index (χ1) is 14.6. The number of anilines is 1. The van der Waals surface area contributed by atoms with E-state index < -0.39 is 0 Å². The number of fused-ring (bicyclic) bond motifs is 1. The fourth-order valence-electron chi connectivity index (χ4n) is 4.01. The SMILES string of the molecule is CN(C)C1CCN(C(=O)c2cnc(-c3noc4cc(NCC5CC5)ccc34)s2)CC1. The van der Waals surface area contributed by atoms with E-state index in [0.29, 0.717) is 16.6 Å². The second-order valence-electron chi connectivity index (χ2n) is 8.58. The van der Waals surface area contributed by atoms with Crippen LogP contribution in [0, 0.1) is 5.92 Å². The normalized spacial score (nSPS) is 17.8. The molecule has 1 saturated heterocycles. The number of benzene rings is 1. The minimum atomic E-state index is 0.0651. The van der Waals surface area contributed by atoms with Gasteiger partial charge in [0, 0.05) is 37.4 Å². The van der Waals surface area contributed by atoms with Gasteiger partial charge < -0.3 is 19.6 Å². The zero-order valence-corrected chi connectivity index (χ0v) is 18.2. The van der Waals surface area contributed by atoms with Crippen LogP contribution in [0.5, 0.6) is 0 Å². The molecular weight excluding hydrogens is 398 g/mol. The summed E-state index contributed by atoms with van der Waals surface area (Å²) >= 11 is 1.39. The van der Waals surface area contributed by atoms with Gasteiger partial charge in [0.05, 0.1) is 11.6 Å². The van der Waals surface area contributed by atoms with Crippen LogP contribution < -0.4 is 5.32 Å². The highest BCUT2D eigenvalue weighted by Crippen LogP contribution is 2.34. The molecular formula is C22H27N5O2S. The van der Waals surface area contributed by atoms with Gasteiger partial charge in [0.25, 0.3) is 5.91 Å². The summed E-state index contributed by atoms with van der Waals surface area (Å²) in [5, 5.41) is 9.35. The Morgan fingerprint density at radius 2 is 2.07 bits per heavy atom. The van der Waals surface area contributed by atoms with E-state index in [4.69, 9.17) is 4.52 Å². The third-order valence-corrected chi connectivity index (χ3v) is 7.16. The summed E-state index contributed by atoms with van der Waals surface area (Å²) in [4.78, 5) is 22.3. The standard InChI is InChI=1S/C22H27N5O2S/c1-26(2)16-7-9-27(10-8-16)22(28)19-13-24-21(30-19)20-17-6-5-15(11-18(17)29-25-20)23-12-14-3-4-14/h5-6,11,13-14,16,23H,3-4,7-10,12H2,1-2H3. The van der Waals surface area contributed by atoms with Crippen molar-refractivity contribution in [3.8, 4) is 10.7 Å². The Hall–Kier alpha value is -2.45. The highest BCUT2D eigenvalue weighted by molar-refractivity contribution is 7.17. The molecule has 1 aliphatic carbocycles. The van der Waals surface area contributed by atoms with Gasteiger partial charge in [-0.1, -0.05) is 5.16 Å². The van der Waals surface area contributed by atoms with Crippen LogP contribution in [0.1, 0.15) is 35.4 Å². The molecule has 0 bridgehead atoms. The average molecular weight is 426 g/mol. The van der Waals surface area contributed by atoms with Crippen molar-refractivity contribution < 1.29 is 9.32 Å². The summed E-state index contributed by atoms with van der Waals surface area (Å²) in [5.41, 5.74) is 2.49. The maximum atomic E-state index is 12.9. The Morgan fingerprint density at radius 3 is 2.80 bits per heavy atom. The summed E-state index contributed by atoms with van der Waals surface area (Å²) in [6.07, 6.45) is 6.33. The monoisotopic (exact) mass is 425 g/mol. The molecule has 7 nitrogen and oxygen atoms in total. The summed E-state index contributed by atoms with van der Waals surface area (Å²) in [7, 11) is 4.21. The zero-order valence-electron chi connectivity index (χ0n) is 17.4. The van der Waals surface area contributed by atoms with Crippen LogP contribution in [0.25, 0.3) is 21.7 Å². The van der Waals surface area contributed by atoms with E-state index in [0.717, 1.165) is 60.1 Å². The van der Waals surface area contributed by atoms with Crippen molar-refractivity contribution in [1.29, 1.82) is 0 Å². The molecule has 1 aromatic carbocycles. The van der Waals surface area contributed by atoms with Crippen molar-refractivity contribution in [2.45, 2.75) is 31.7 Å². The lowest BCUT2D eigenvalue weighted by atomic mass is 10.0. The third kappa shape index (κ3) is 3.94. The number of nitrogens with one attached hydrogen (secondary N) is 1. The van der Waals surface area contributed by atoms with Gasteiger partial charge in [-0.15, -0.1) is 11.3 Å². The Balaban J connectivity index is 1.30. The Bertz CT molecular complexity index is 1050. The van der Waals surface area contributed by atoms with Gasteiger partial charge in [0.15, 0.2) is 5.58 Å². The molecule has 1 amide bonds.